The SMILES string of the molecule is C=C1/C=C(/CN2CCC(c3c(F)cc(C(C)=O)cc3F)CC2)N(C)/N=C\C=C/1N(C)/C=C(F)\C(=C/C=O)NC. The Labute approximate surface area is 227 Å². The van der Waals surface area contributed by atoms with Gasteiger partial charge in [-0.25, -0.2) is 13.2 Å². The lowest BCUT2D eigenvalue weighted by molar-refractivity contribution is -0.104. The fraction of sp³-hybridized carbons (Fsp3) is 0.345. The fourth-order valence-corrected chi connectivity index (χ4v) is 4.69. The Hall–Kier alpha value is -3.92. The van der Waals surface area contributed by atoms with Gasteiger partial charge in [0.25, 0.3) is 0 Å². The monoisotopic (exact) mass is 541 g/mol. The van der Waals surface area contributed by atoms with Crippen LogP contribution >= 0.6 is 0 Å². The van der Waals surface area contributed by atoms with Gasteiger partial charge < -0.3 is 10.2 Å². The predicted molar refractivity (Wildman–Crippen MR) is 146 cm³/mol. The Kier molecular flexibility index (Phi) is 10.1. The summed E-state index contributed by atoms with van der Waals surface area (Å²) in [5.41, 5.74) is 2.21. The van der Waals surface area contributed by atoms with Gasteiger partial charge in [0, 0.05) is 63.0 Å². The number of Topliss-reactive ketones (excluding diaryl/α,β-unsaturated/α-hetero) is 1. The number of aldehydes is 1. The summed E-state index contributed by atoms with van der Waals surface area (Å²) in [7, 11) is 5.01. The number of nitrogens with zero attached hydrogens (tertiary/aromatic N) is 4. The number of ketones is 1. The molecule has 0 aromatic heterocycles. The number of rotatable bonds is 9. The summed E-state index contributed by atoms with van der Waals surface area (Å²) < 4.78 is 44.0. The van der Waals surface area contributed by atoms with Crippen molar-refractivity contribution in [1.82, 2.24) is 20.1 Å². The Morgan fingerprint density at radius 3 is 2.46 bits per heavy atom. The molecule has 0 bridgehead atoms. The molecule has 0 atom stereocenters. The van der Waals surface area contributed by atoms with Crippen molar-refractivity contribution in [2.45, 2.75) is 25.7 Å². The van der Waals surface area contributed by atoms with Crippen LogP contribution in [-0.2, 0) is 4.79 Å². The van der Waals surface area contributed by atoms with Gasteiger partial charge in [0.2, 0.25) is 0 Å². The summed E-state index contributed by atoms with van der Waals surface area (Å²) >= 11 is 0. The highest BCUT2D eigenvalue weighted by Crippen LogP contribution is 2.33. The zero-order valence-electron chi connectivity index (χ0n) is 22.7. The predicted octanol–water partition coefficient (Wildman–Crippen LogP) is 4.65. The van der Waals surface area contributed by atoms with E-state index in [1.165, 1.54) is 20.2 Å². The van der Waals surface area contributed by atoms with E-state index < -0.39 is 17.5 Å². The number of hydrazone groups is 1. The van der Waals surface area contributed by atoms with E-state index in [9.17, 15) is 22.8 Å². The first-order chi connectivity index (χ1) is 18.5. The number of likely N-dealkylation sites (N-methyl/N-ethyl adjacent to an activating group) is 3. The summed E-state index contributed by atoms with van der Waals surface area (Å²) in [6.45, 7) is 7.20. The summed E-state index contributed by atoms with van der Waals surface area (Å²) in [5.74, 6) is -2.63. The second-order valence-corrected chi connectivity index (χ2v) is 9.52. The lowest BCUT2D eigenvalue weighted by Gasteiger charge is -2.34. The van der Waals surface area contributed by atoms with Crippen LogP contribution in [0.3, 0.4) is 0 Å². The second-order valence-electron chi connectivity index (χ2n) is 9.52. The molecule has 1 aromatic rings. The number of nitrogens with one attached hydrogen (secondary N) is 1. The van der Waals surface area contributed by atoms with Gasteiger partial charge in [0.15, 0.2) is 11.6 Å². The van der Waals surface area contributed by atoms with Crippen molar-refractivity contribution < 1.29 is 22.8 Å². The topological polar surface area (TPSA) is 68.2 Å². The number of carbonyl (C=O) groups excluding carboxylic acids is 2. The third-order valence-corrected chi connectivity index (χ3v) is 6.87. The van der Waals surface area contributed by atoms with E-state index in [0.717, 1.165) is 23.9 Å². The molecule has 3 rings (SSSR count). The fourth-order valence-electron chi connectivity index (χ4n) is 4.69. The number of allylic oxidation sites excluding steroid dienone is 4. The van der Waals surface area contributed by atoms with Crippen LogP contribution in [0.2, 0.25) is 0 Å². The van der Waals surface area contributed by atoms with E-state index in [1.54, 1.807) is 29.2 Å². The van der Waals surface area contributed by atoms with Crippen molar-refractivity contribution in [2.24, 2.45) is 5.10 Å². The molecule has 0 spiro atoms. The van der Waals surface area contributed by atoms with Crippen LogP contribution in [0.15, 0.2) is 76.7 Å². The summed E-state index contributed by atoms with van der Waals surface area (Å²) in [6, 6.07) is 2.23. The number of halogens is 3. The van der Waals surface area contributed by atoms with E-state index in [2.05, 4.69) is 21.9 Å². The first-order valence-corrected chi connectivity index (χ1v) is 12.6. The molecule has 1 fully saturated rings. The summed E-state index contributed by atoms with van der Waals surface area (Å²) in [5, 5.41) is 8.79. The van der Waals surface area contributed by atoms with Crippen LogP contribution < -0.4 is 5.32 Å². The van der Waals surface area contributed by atoms with Crippen LogP contribution in [0.5, 0.6) is 0 Å². The van der Waals surface area contributed by atoms with Gasteiger partial charge in [-0.05, 0) is 68.6 Å². The molecule has 7 nitrogen and oxygen atoms in total. The highest BCUT2D eigenvalue weighted by molar-refractivity contribution is 5.94. The molecule has 2 heterocycles. The average molecular weight is 542 g/mol. The van der Waals surface area contributed by atoms with Gasteiger partial charge >= 0.3 is 0 Å². The number of benzene rings is 1. The lowest BCUT2D eigenvalue weighted by Crippen LogP contribution is -2.37. The van der Waals surface area contributed by atoms with Gasteiger partial charge in [0.05, 0.1) is 11.4 Å². The quantitative estimate of drug-likeness (QED) is 0.213. The normalized spacial score (nSPS) is 21.3. The molecule has 0 unspecified atom stereocenters. The second kappa shape index (κ2) is 13.2. The van der Waals surface area contributed by atoms with Crippen molar-refractivity contribution in [1.29, 1.82) is 0 Å². The maximum atomic E-state index is 14.7. The lowest BCUT2D eigenvalue weighted by atomic mass is 9.87. The molecule has 2 aliphatic rings. The van der Waals surface area contributed by atoms with Gasteiger partial charge in [-0.3, -0.25) is 19.5 Å². The van der Waals surface area contributed by atoms with E-state index in [0.29, 0.717) is 50.0 Å². The minimum Gasteiger partial charge on any atom is -0.386 e. The largest absolute Gasteiger partial charge is 0.386 e. The molecule has 39 heavy (non-hydrogen) atoms. The number of piperidine rings is 1. The highest BCUT2D eigenvalue weighted by atomic mass is 19.1. The molecule has 0 aliphatic carbocycles. The highest BCUT2D eigenvalue weighted by Gasteiger charge is 2.27. The minimum absolute atomic E-state index is 0.0309. The Morgan fingerprint density at radius 2 is 1.90 bits per heavy atom. The Morgan fingerprint density at radius 1 is 1.26 bits per heavy atom. The Bertz CT molecular complexity index is 1250. The van der Waals surface area contributed by atoms with Gasteiger partial charge in [0.1, 0.15) is 17.9 Å². The first kappa shape index (κ1) is 29.6. The van der Waals surface area contributed by atoms with Crippen molar-refractivity contribution in [3.63, 3.8) is 0 Å². The molecule has 0 amide bonds. The smallest absolute Gasteiger partial charge is 0.162 e. The van der Waals surface area contributed by atoms with Crippen molar-refractivity contribution in [3.8, 4) is 0 Å². The maximum absolute atomic E-state index is 14.7. The summed E-state index contributed by atoms with van der Waals surface area (Å²) in [6.07, 6.45) is 9.16. The molecular formula is C29H34F3N5O2. The average Bonchev–Trinajstić information content (AvgIpc) is 2.88. The zero-order chi connectivity index (χ0) is 28.7. The van der Waals surface area contributed by atoms with Crippen molar-refractivity contribution >= 4 is 18.3 Å². The van der Waals surface area contributed by atoms with Gasteiger partial charge in [-0.15, -0.1) is 0 Å². The van der Waals surface area contributed by atoms with Gasteiger partial charge in [-0.2, -0.15) is 5.10 Å². The minimum atomic E-state index is -0.677. The van der Waals surface area contributed by atoms with E-state index in [-0.39, 0.29) is 28.5 Å². The van der Waals surface area contributed by atoms with Crippen LogP contribution in [0.4, 0.5) is 13.2 Å². The molecule has 0 radical (unpaired) electrons. The van der Waals surface area contributed by atoms with Gasteiger partial charge in [-0.1, -0.05) is 6.58 Å². The third-order valence-electron chi connectivity index (χ3n) is 6.87. The molecular weight excluding hydrogens is 507 g/mol. The van der Waals surface area contributed by atoms with E-state index >= 15 is 0 Å². The van der Waals surface area contributed by atoms with Crippen LogP contribution in [0.1, 0.15) is 41.6 Å². The van der Waals surface area contributed by atoms with Crippen LogP contribution in [-0.4, -0.2) is 73.9 Å². The number of carbonyl (C=O) groups is 2. The maximum Gasteiger partial charge on any atom is 0.162 e. The molecule has 1 saturated heterocycles. The Balaban J connectivity index is 1.71. The molecule has 2 aliphatic heterocycles. The van der Waals surface area contributed by atoms with Crippen LogP contribution in [0, 0.1) is 11.6 Å². The van der Waals surface area contributed by atoms with Crippen LogP contribution in [0.25, 0.3) is 0 Å². The number of hydrogen-bond donors (Lipinski definition) is 1. The molecule has 1 N–H and O–H groups in total. The van der Waals surface area contributed by atoms with E-state index in [1.807, 2.05) is 13.1 Å². The standard InChI is InChI=1S/C29H34F3N5O2/c1-19-14-23(36(5)34-10-6-28(19)35(4)18-26(32)27(33-3)9-13-38)17-37-11-7-21(8-12-37)29-24(30)15-22(20(2)39)16-25(29)31/h6,9-10,13-16,18,21,33H,1,7-8,11-12,17H2,2-5H3/b23-14-,26-18+,27-9+,28-6+,34-10-. The number of hydrogen-bond acceptors (Lipinski definition) is 7. The van der Waals surface area contributed by atoms with Crippen molar-refractivity contribution in [3.05, 3.63) is 94.4 Å². The first-order valence-electron chi connectivity index (χ1n) is 12.6. The third kappa shape index (κ3) is 7.35. The molecule has 0 saturated carbocycles. The molecule has 208 valence electrons. The molecule has 1 aromatic carbocycles. The van der Waals surface area contributed by atoms with Crippen molar-refractivity contribution in [2.75, 3.05) is 40.8 Å². The molecule has 10 heteroatoms. The van der Waals surface area contributed by atoms with E-state index in [4.69, 9.17) is 0 Å². The summed E-state index contributed by atoms with van der Waals surface area (Å²) in [4.78, 5) is 26.0. The zero-order valence-corrected chi connectivity index (χ0v) is 22.7. The number of likely N-dealkylation sites (tertiary alicyclic amines) is 1.